The number of nitrogens with one attached hydrogen (secondary N) is 1. The van der Waals surface area contributed by atoms with Crippen LogP contribution in [-0.2, 0) is 0 Å². The summed E-state index contributed by atoms with van der Waals surface area (Å²) < 4.78 is 0. The Morgan fingerprint density at radius 2 is 2.09 bits per heavy atom. The van der Waals surface area contributed by atoms with Crippen LogP contribution in [0.5, 0.6) is 0 Å². The Bertz CT molecular complexity index is 606. The standard InChI is InChI=1S/C21H28N2/c1-6-16(3)21-17(4)13-19(14-20(21)15-22)11-9-8-10-12-23-18(5)7-2/h10,12,14,23H,3-9,11,13H2,1-2H3/b12-10+. The van der Waals surface area contributed by atoms with Gasteiger partial charge in [-0.05, 0) is 67.5 Å². The molecule has 0 amide bonds. The van der Waals surface area contributed by atoms with E-state index >= 15 is 0 Å². The first-order valence-electron chi connectivity index (χ1n) is 8.32. The Balaban J connectivity index is 2.59. The van der Waals surface area contributed by atoms with Gasteiger partial charge in [-0.25, -0.2) is 0 Å². The van der Waals surface area contributed by atoms with Gasteiger partial charge in [-0.1, -0.05) is 45.2 Å². The molecule has 0 aromatic carbocycles. The molecule has 0 aromatic rings. The molecule has 0 fully saturated rings. The summed E-state index contributed by atoms with van der Waals surface area (Å²) in [4.78, 5) is 0. The zero-order valence-electron chi connectivity index (χ0n) is 14.5. The first-order chi connectivity index (χ1) is 11.0. The lowest BCUT2D eigenvalue weighted by molar-refractivity contribution is 0.800. The van der Waals surface area contributed by atoms with Crippen molar-refractivity contribution in [2.75, 3.05) is 0 Å². The summed E-state index contributed by atoms with van der Waals surface area (Å²) in [7, 11) is 0. The molecule has 2 nitrogen and oxygen atoms in total. The third-order valence-corrected chi connectivity index (χ3v) is 4.01. The van der Waals surface area contributed by atoms with E-state index in [1.807, 2.05) is 12.3 Å². The Morgan fingerprint density at radius 3 is 2.70 bits per heavy atom. The molecule has 0 unspecified atom stereocenters. The van der Waals surface area contributed by atoms with E-state index < -0.39 is 0 Å². The molecule has 0 saturated heterocycles. The number of hydrogen-bond donors (Lipinski definition) is 1. The van der Waals surface area contributed by atoms with E-state index in [1.165, 1.54) is 5.57 Å². The van der Waals surface area contributed by atoms with Crippen LogP contribution in [0.1, 0.15) is 52.4 Å². The maximum Gasteiger partial charge on any atom is 0.0998 e. The average Bonchev–Trinajstić information content (AvgIpc) is 2.56. The second kappa shape index (κ2) is 9.69. The van der Waals surface area contributed by atoms with Crippen LogP contribution in [-0.4, -0.2) is 0 Å². The number of allylic oxidation sites excluding steroid dienone is 8. The highest BCUT2D eigenvalue weighted by Crippen LogP contribution is 2.34. The molecule has 0 spiro atoms. The maximum atomic E-state index is 9.40. The lowest BCUT2D eigenvalue weighted by Gasteiger charge is -2.20. The van der Waals surface area contributed by atoms with Crippen LogP contribution in [0.3, 0.4) is 0 Å². The second-order valence-electron chi connectivity index (χ2n) is 5.84. The molecule has 0 aliphatic heterocycles. The number of nitrogens with zero attached hydrogens (tertiary/aromatic N) is 1. The molecule has 0 radical (unpaired) electrons. The SMILES string of the molecule is C=C(CC)N/C=C/CCCC1=CC(C#N)=C(C(=C)CC)C(=C)C1. The first-order valence-corrected chi connectivity index (χ1v) is 8.32. The molecule has 23 heavy (non-hydrogen) atoms. The highest BCUT2D eigenvalue weighted by molar-refractivity contribution is 5.60. The minimum absolute atomic E-state index is 0.722. The number of rotatable bonds is 9. The number of unbranched alkanes of at least 4 members (excludes halogenated alkanes) is 1. The Labute approximate surface area is 141 Å². The molecular formula is C21H28N2. The molecule has 0 saturated carbocycles. The zero-order chi connectivity index (χ0) is 17.2. The molecule has 122 valence electrons. The monoisotopic (exact) mass is 308 g/mol. The molecule has 0 bridgehead atoms. The van der Waals surface area contributed by atoms with Gasteiger partial charge in [0, 0.05) is 5.70 Å². The third-order valence-electron chi connectivity index (χ3n) is 4.01. The van der Waals surface area contributed by atoms with Crippen molar-refractivity contribution in [2.45, 2.75) is 52.4 Å². The summed E-state index contributed by atoms with van der Waals surface area (Å²) in [6.45, 7) is 16.3. The van der Waals surface area contributed by atoms with Crippen LogP contribution in [0.4, 0.5) is 0 Å². The Morgan fingerprint density at radius 1 is 1.35 bits per heavy atom. The molecular weight excluding hydrogens is 280 g/mol. The summed E-state index contributed by atoms with van der Waals surface area (Å²) in [6.07, 6.45) is 11.8. The largest absolute Gasteiger partial charge is 0.366 e. The van der Waals surface area contributed by atoms with Gasteiger partial charge in [0.1, 0.15) is 0 Å². The molecule has 1 aliphatic rings. The average molecular weight is 308 g/mol. The normalized spacial score (nSPS) is 14.7. The van der Waals surface area contributed by atoms with Gasteiger partial charge in [0.05, 0.1) is 11.6 Å². The van der Waals surface area contributed by atoms with Crippen LogP contribution in [0.15, 0.2) is 71.7 Å². The van der Waals surface area contributed by atoms with Crippen LogP contribution < -0.4 is 5.32 Å². The van der Waals surface area contributed by atoms with Crippen LogP contribution in [0.25, 0.3) is 0 Å². The Hall–Kier alpha value is -2.27. The van der Waals surface area contributed by atoms with Gasteiger partial charge >= 0.3 is 0 Å². The molecule has 1 N–H and O–H groups in total. The lowest BCUT2D eigenvalue weighted by atomic mass is 9.83. The van der Waals surface area contributed by atoms with E-state index in [0.29, 0.717) is 0 Å². The van der Waals surface area contributed by atoms with Gasteiger partial charge in [0.25, 0.3) is 0 Å². The Kier molecular flexibility index (Phi) is 7.91. The van der Waals surface area contributed by atoms with Gasteiger partial charge in [-0.2, -0.15) is 5.26 Å². The molecule has 2 heteroatoms. The number of hydrogen-bond acceptors (Lipinski definition) is 2. The molecule has 0 aromatic heterocycles. The van der Waals surface area contributed by atoms with Crippen LogP contribution in [0.2, 0.25) is 0 Å². The minimum Gasteiger partial charge on any atom is -0.366 e. The smallest absolute Gasteiger partial charge is 0.0998 e. The fraction of sp³-hybridized carbons (Fsp3) is 0.381. The van der Waals surface area contributed by atoms with E-state index in [0.717, 1.165) is 66.5 Å². The highest BCUT2D eigenvalue weighted by Gasteiger charge is 2.18. The molecule has 1 rings (SSSR count). The zero-order valence-corrected chi connectivity index (χ0v) is 14.5. The summed E-state index contributed by atoms with van der Waals surface area (Å²) in [5.74, 6) is 0. The maximum absolute atomic E-state index is 9.40. The van der Waals surface area contributed by atoms with Crippen molar-refractivity contribution in [3.05, 3.63) is 71.7 Å². The van der Waals surface area contributed by atoms with E-state index in [1.54, 1.807) is 0 Å². The quantitative estimate of drug-likeness (QED) is 0.542. The van der Waals surface area contributed by atoms with Gasteiger partial charge in [0.15, 0.2) is 0 Å². The minimum atomic E-state index is 0.722. The summed E-state index contributed by atoms with van der Waals surface area (Å²) in [6, 6.07) is 2.31. The van der Waals surface area contributed by atoms with Crippen molar-refractivity contribution in [3.8, 4) is 6.07 Å². The van der Waals surface area contributed by atoms with Crippen LogP contribution in [0, 0.1) is 11.3 Å². The first kappa shape index (κ1) is 18.8. The lowest BCUT2D eigenvalue weighted by Crippen LogP contribution is -2.04. The van der Waals surface area contributed by atoms with E-state index in [2.05, 4.69) is 51.0 Å². The van der Waals surface area contributed by atoms with Gasteiger partial charge in [-0.3, -0.25) is 0 Å². The predicted octanol–water partition coefficient (Wildman–Crippen LogP) is 5.86. The van der Waals surface area contributed by atoms with Crippen molar-refractivity contribution in [3.63, 3.8) is 0 Å². The topological polar surface area (TPSA) is 35.8 Å². The molecule has 0 heterocycles. The molecule has 1 aliphatic carbocycles. The van der Waals surface area contributed by atoms with E-state index in [4.69, 9.17) is 0 Å². The van der Waals surface area contributed by atoms with Crippen molar-refractivity contribution >= 4 is 0 Å². The fourth-order valence-electron chi connectivity index (χ4n) is 2.56. The summed E-state index contributed by atoms with van der Waals surface area (Å²) >= 11 is 0. The van der Waals surface area contributed by atoms with Gasteiger partial charge < -0.3 is 5.32 Å². The van der Waals surface area contributed by atoms with E-state index in [-0.39, 0.29) is 0 Å². The van der Waals surface area contributed by atoms with Gasteiger partial charge in [0.2, 0.25) is 0 Å². The van der Waals surface area contributed by atoms with Crippen molar-refractivity contribution in [2.24, 2.45) is 0 Å². The number of nitriles is 1. The van der Waals surface area contributed by atoms with Crippen molar-refractivity contribution in [1.82, 2.24) is 5.32 Å². The second-order valence-corrected chi connectivity index (χ2v) is 5.84. The highest BCUT2D eigenvalue weighted by atomic mass is 14.8. The predicted molar refractivity (Wildman–Crippen MR) is 99.5 cm³/mol. The summed E-state index contributed by atoms with van der Waals surface area (Å²) in [5, 5.41) is 12.6. The summed E-state index contributed by atoms with van der Waals surface area (Å²) in [5.41, 5.74) is 6.05. The van der Waals surface area contributed by atoms with Crippen LogP contribution >= 0.6 is 0 Å². The van der Waals surface area contributed by atoms with Gasteiger partial charge in [-0.15, -0.1) is 0 Å². The van der Waals surface area contributed by atoms with E-state index in [9.17, 15) is 5.26 Å². The molecule has 0 atom stereocenters. The van der Waals surface area contributed by atoms with Crippen molar-refractivity contribution < 1.29 is 0 Å². The third kappa shape index (κ3) is 5.79. The fourth-order valence-corrected chi connectivity index (χ4v) is 2.56. The van der Waals surface area contributed by atoms with Crippen molar-refractivity contribution in [1.29, 1.82) is 5.26 Å².